The highest BCUT2D eigenvalue weighted by Gasteiger charge is 2.16. The fourth-order valence-corrected chi connectivity index (χ4v) is 2.26. The van der Waals surface area contributed by atoms with Gasteiger partial charge in [0.2, 0.25) is 0 Å². The van der Waals surface area contributed by atoms with Crippen LogP contribution in [-0.4, -0.2) is 23.2 Å². The average Bonchev–Trinajstić information content (AvgIpc) is 2.31. The second kappa shape index (κ2) is 7.29. The predicted octanol–water partition coefficient (Wildman–Crippen LogP) is 3.08. The predicted molar refractivity (Wildman–Crippen MR) is 78.5 cm³/mol. The molecular weight excluding hydrogens is 238 g/mol. The van der Waals surface area contributed by atoms with Crippen LogP contribution in [0, 0.1) is 13.8 Å². The van der Waals surface area contributed by atoms with E-state index in [0.717, 1.165) is 12.8 Å². The first-order valence-corrected chi connectivity index (χ1v) is 6.96. The number of carbonyl (C=O) groups is 1. The van der Waals surface area contributed by atoms with Crippen molar-refractivity contribution in [1.29, 1.82) is 0 Å². The molecule has 2 atom stereocenters. The summed E-state index contributed by atoms with van der Waals surface area (Å²) in [6.07, 6.45) is 1.93. The molecule has 0 spiro atoms. The van der Waals surface area contributed by atoms with E-state index in [0.29, 0.717) is 6.04 Å². The number of benzene rings is 1. The van der Waals surface area contributed by atoms with Crippen LogP contribution in [0.15, 0.2) is 18.2 Å². The summed E-state index contributed by atoms with van der Waals surface area (Å²) in [6.45, 7) is 8.36. The molecule has 1 aromatic carbocycles. The van der Waals surface area contributed by atoms with Gasteiger partial charge < -0.3 is 10.4 Å². The number of carboxylic acid groups (broad SMARTS) is 1. The van der Waals surface area contributed by atoms with Gasteiger partial charge in [0.25, 0.3) is 0 Å². The second-order valence-corrected chi connectivity index (χ2v) is 5.40. The maximum absolute atomic E-state index is 11.0. The molecular formula is C16H25NO2. The molecule has 0 aliphatic carbocycles. The van der Waals surface area contributed by atoms with Gasteiger partial charge in [-0.2, -0.15) is 0 Å². The highest BCUT2D eigenvalue weighted by Crippen LogP contribution is 2.14. The van der Waals surface area contributed by atoms with Crippen LogP contribution in [0.4, 0.5) is 0 Å². The number of hydrogen-bond acceptors (Lipinski definition) is 2. The van der Waals surface area contributed by atoms with Crippen LogP contribution in [0.5, 0.6) is 0 Å². The summed E-state index contributed by atoms with van der Waals surface area (Å²) in [6, 6.07) is 6.68. The van der Waals surface area contributed by atoms with Crippen molar-refractivity contribution in [3.05, 3.63) is 34.9 Å². The van der Waals surface area contributed by atoms with E-state index < -0.39 is 5.97 Å². The highest BCUT2D eigenvalue weighted by molar-refractivity contribution is 5.67. The Labute approximate surface area is 116 Å². The fourth-order valence-electron chi connectivity index (χ4n) is 2.26. The Balaban J connectivity index is 2.77. The minimum atomic E-state index is -0.745. The summed E-state index contributed by atoms with van der Waals surface area (Å²) < 4.78 is 0. The van der Waals surface area contributed by atoms with E-state index in [4.69, 9.17) is 5.11 Å². The second-order valence-electron chi connectivity index (χ2n) is 5.40. The highest BCUT2D eigenvalue weighted by atomic mass is 16.4. The number of carboxylic acids is 1. The van der Waals surface area contributed by atoms with Crippen molar-refractivity contribution < 1.29 is 9.90 Å². The largest absolute Gasteiger partial charge is 0.481 e. The molecule has 0 fully saturated rings. The summed E-state index contributed by atoms with van der Waals surface area (Å²) in [5.74, 6) is -0.745. The number of hydrogen-bond donors (Lipinski definition) is 2. The number of aliphatic carboxylic acids is 1. The van der Waals surface area contributed by atoms with Gasteiger partial charge in [0.15, 0.2) is 0 Å². The van der Waals surface area contributed by atoms with Crippen molar-refractivity contribution in [2.24, 2.45) is 0 Å². The first-order chi connectivity index (χ1) is 8.92. The van der Waals surface area contributed by atoms with Crippen LogP contribution in [0.25, 0.3) is 0 Å². The van der Waals surface area contributed by atoms with Gasteiger partial charge in [0.05, 0.1) is 6.42 Å². The van der Waals surface area contributed by atoms with Crippen molar-refractivity contribution in [3.8, 4) is 0 Å². The number of aryl methyl sites for hydroxylation is 2. The monoisotopic (exact) mass is 263 g/mol. The summed E-state index contributed by atoms with van der Waals surface area (Å²) in [4.78, 5) is 11.0. The molecule has 0 aliphatic rings. The van der Waals surface area contributed by atoms with Crippen molar-refractivity contribution in [2.45, 2.75) is 59.0 Å². The molecule has 0 amide bonds. The maximum atomic E-state index is 11.0. The molecule has 3 heteroatoms. The summed E-state index contributed by atoms with van der Waals surface area (Å²) in [5, 5.41) is 12.4. The van der Waals surface area contributed by atoms with Gasteiger partial charge in [-0.25, -0.2) is 0 Å². The Hall–Kier alpha value is -1.35. The molecule has 0 saturated carbocycles. The lowest BCUT2D eigenvalue weighted by Crippen LogP contribution is -2.39. The Morgan fingerprint density at radius 3 is 2.58 bits per heavy atom. The summed E-state index contributed by atoms with van der Waals surface area (Å²) >= 11 is 0. The molecule has 1 aromatic rings. The third-order valence-electron chi connectivity index (χ3n) is 3.52. The standard InChI is InChI=1S/C16H25NO2/c1-5-13(4)17-15(10-16(18)19)9-14-7-6-11(2)8-12(14)3/h6-8,13,15,17H,5,9-10H2,1-4H3,(H,18,19). The lowest BCUT2D eigenvalue weighted by Gasteiger charge is -2.22. The minimum absolute atomic E-state index is 0.00569. The zero-order valence-corrected chi connectivity index (χ0v) is 12.4. The quantitative estimate of drug-likeness (QED) is 0.795. The third kappa shape index (κ3) is 5.43. The van der Waals surface area contributed by atoms with Crippen LogP contribution in [-0.2, 0) is 11.2 Å². The van der Waals surface area contributed by atoms with Crippen LogP contribution in [0.2, 0.25) is 0 Å². The molecule has 2 N–H and O–H groups in total. The molecule has 0 bridgehead atoms. The Morgan fingerprint density at radius 1 is 1.37 bits per heavy atom. The molecule has 19 heavy (non-hydrogen) atoms. The average molecular weight is 263 g/mol. The maximum Gasteiger partial charge on any atom is 0.304 e. The molecule has 106 valence electrons. The van der Waals surface area contributed by atoms with Gasteiger partial charge in [-0.3, -0.25) is 4.79 Å². The Morgan fingerprint density at radius 2 is 2.05 bits per heavy atom. The van der Waals surface area contributed by atoms with Crippen LogP contribution < -0.4 is 5.32 Å². The SMILES string of the molecule is CCC(C)NC(CC(=O)O)Cc1ccc(C)cc1C. The zero-order chi connectivity index (χ0) is 14.4. The van der Waals surface area contributed by atoms with Crippen LogP contribution in [0.1, 0.15) is 43.4 Å². The van der Waals surface area contributed by atoms with E-state index in [1.165, 1.54) is 16.7 Å². The Kier molecular flexibility index (Phi) is 6.03. The number of nitrogens with one attached hydrogen (secondary N) is 1. The molecule has 0 heterocycles. The zero-order valence-electron chi connectivity index (χ0n) is 12.4. The summed E-state index contributed by atoms with van der Waals surface area (Å²) in [5.41, 5.74) is 3.71. The van der Waals surface area contributed by atoms with E-state index in [9.17, 15) is 4.79 Å². The van der Waals surface area contributed by atoms with E-state index in [2.05, 4.69) is 51.2 Å². The first kappa shape index (κ1) is 15.7. The van der Waals surface area contributed by atoms with E-state index >= 15 is 0 Å². The third-order valence-corrected chi connectivity index (χ3v) is 3.52. The normalized spacial score (nSPS) is 14.1. The van der Waals surface area contributed by atoms with Gasteiger partial charge >= 0.3 is 5.97 Å². The van der Waals surface area contributed by atoms with Crippen molar-refractivity contribution in [2.75, 3.05) is 0 Å². The van der Waals surface area contributed by atoms with Gasteiger partial charge in [0, 0.05) is 12.1 Å². The molecule has 0 saturated heterocycles. The van der Waals surface area contributed by atoms with Gasteiger partial charge in [-0.15, -0.1) is 0 Å². The molecule has 1 rings (SSSR count). The van der Waals surface area contributed by atoms with E-state index in [1.54, 1.807) is 0 Å². The molecule has 2 unspecified atom stereocenters. The smallest absolute Gasteiger partial charge is 0.304 e. The number of rotatable bonds is 7. The van der Waals surface area contributed by atoms with Crippen LogP contribution in [0.3, 0.4) is 0 Å². The Bertz CT molecular complexity index is 429. The van der Waals surface area contributed by atoms with Crippen molar-refractivity contribution >= 4 is 5.97 Å². The van der Waals surface area contributed by atoms with Crippen LogP contribution >= 0.6 is 0 Å². The molecule has 3 nitrogen and oxygen atoms in total. The van der Waals surface area contributed by atoms with Crippen molar-refractivity contribution in [1.82, 2.24) is 5.32 Å². The lowest BCUT2D eigenvalue weighted by molar-refractivity contribution is -0.137. The van der Waals surface area contributed by atoms with Gasteiger partial charge in [0.1, 0.15) is 0 Å². The minimum Gasteiger partial charge on any atom is -0.481 e. The molecule has 0 aliphatic heterocycles. The van der Waals surface area contributed by atoms with E-state index in [-0.39, 0.29) is 12.5 Å². The van der Waals surface area contributed by atoms with Gasteiger partial charge in [-0.05, 0) is 44.7 Å². The first-order valence-electron chi connectivity index (χ1n) is 6.96. The molecule has 0 radical (unpaired) electrons. The van der Waals surface area contributed by atoms with Crippen molar-refractivity contribution in [3.63, 3.8) is 0 Å². The molecule has 0 aromatic heterocycles. The lowest BCUT2D eigenvalue weighted by atomic mass is 9.97. The van der Waals surface area contributed by atoms with Gasteiger partial charge in [-0.1, -0.05) is 30.7 Å². The summed E-state index contributed by atoms with van der Waals surface area (Å²) in [7, 11) is 0. The van der Waals surface area contributed by atoms with E-state index in [1.807, 2.05) is 0 Å². The fraction of sp³-hybridized carbons (Fsp3) is 0.562. The topological polar surface area (TPSA) is 49.3 Å².